The van der Waals surface area contributed by atoms with Crippen molar-refractivity contribution in [2.75, 3.05) is 11.5 Å². The molecule has 0 spiro atoms. The highest BCUT2D eigenvalue weighted by Crippen LogP contribution is 2.27. The summed E-state index contributed by atoms with van der Waals surface area (Å²) in [4.78, 5) is 11.9. The van der Waals surface area contributed by atoms with Gasteiger partial charge in [-0.2, -0.15) is 11.8 Å². The van der Waals surface area contributed by atoms with Crippen LogP contribution in [0.5, 0.6) is 0 Å². The summed E-state index contributed by atoms with van der Waals surface area (Å²) in [5.74, 6) is 2.58. The number of thioether (sulfide) groups is 1. The van der Waals surface area contributed by atoms with Gasteiger partial charge in [0.2, 0.25) is 0 Å². The topological polar surface area (TPSA) is 17.1 Å². The summed E-state index contributed by atoms with van der Waals surface area (Å²) >= 11 is 13.7. The van der Waals surface area contributed by atoms with E-state index in [0.717, 1.165) is 23.5 Å². The standard InChI is InChI=1S/C12H12Cl2OS/c13-10-2-1-8(11(14)6-10)5-12(15)9-3-4-16-7-9/h1-2,6,9H,3-5,7H2. The van der Waals surface area contributed by atoms with Gasteiger partial charge < -0.3 is 0 Å². The lowest BCUT2D eigenvalue weighted by molar-refractivity contribution is -0.121. The van der Waals surface area contributed by atoms with Gasteiger partial charge in [-0.25, -0.2) is 0 Å². The molecule has 0 saturated carbocycles. The number of hydrogen-bond acceptors (Lipinski definition) is 2. The first-order chi connectivity index (χ1) is 7.66. The van der Waals surface area contributed by atoms with E-state index in [-0.39, 0.29) is 5.92 Å². The van der Waals surface area contributed by atoms with E-state index in [1.807, 2.05) is 17.8 Å². The van der Waals surface area contributed by atoms with Crippen molar-refractivity contribution < 1.29 is 4.79 Å². The summed E-state index contributed by atoms with van der Waals surface area (Å²) in [5.41, 5.74) is 0.882. The Morgan fingerprint density at radius 1 is 1.44 bits per heavy atom. The quantitative estimate of drug-likeness (QED) is 0.833. The van der Waals surface area contributed by atoms with Crippen LogP contribution in [0.4, 0.5) is 0 Å². The molecule has 0 aliphatic carbocycles. The van der Waals surface area contributed by atoms with Crippen molar-refractivity contribution >= 4 is 40.7 Å². The Morgan fingerprint density at radius 3 is 2.88 bits per heavy atom. The number of hydrogen-bond donors (Lipinski definition) is 0. The molecule has 0 N–H and O–H groups in total. The zero-order valence-electron chi connectivity index (χ0n) is 8.71. The minimum atomic E-state index is 0.219. The Labute approximate surface area is 110 Å². The fourth-order valence-corrected chi connectivity index (χ4v) is 3.52. The Balaban J connectivity index is 2.05. The predicted molar refractivity (Wildman–Crippen MR) is 70.6 cm³/mol. The molecule has 1 nitrogen and oxygen atoms in total. The second-order valence-electron chi connectivity index (χ2n) is 3.94. The second-order valence-corrected chi connectivity index (χ2v) is 5.93. The molecule has 0 bridgehead atoms. The van der Waals surface area contributed by atoms with E-state index >= 15 is 0 Å². The molecule has 0 aromatic heterocycles. The highest BCUT2D eigenvalue weighted by atomic mass is 35.5. The maximum atomic E-state index is 11.9. The predicted octanol–water partition coefficient (Wildman–Crippen LogP) is 3.86. The molecule has 1 aromatic rings. The summed E-state index contributed by atoms with van der Waals surface area (Å²) in [7, 11) is 0. The van der Waals surface area contributed by atoms with E-state index in [9.17, 15) is 4.79 Å². The minimum Gasteiger partial charge on any atom is -0.299 e. The van der Waals surface area contributed by atoms with Gasteiger partial charge in [0.15, 0.2) is 0 Å². The molecule has 1 aromatic carbocycles. The van der Waals surface area contributed by atoms with E-state index in [4.69, 9.17) is 23.2 Å². The molecule has 1 aliphatic rings. The molecule has 86 valence electrons. The van der Waals surface area contributed by atoms with Crippen molar-refractivity contribution in [2.45, 2.75) is 12.8 Å². The first kappa shape index (κ1) is 12.3. The van der Waals surface area contributed by atoms with Crippen LogP contribution in [0.1, 0.15) is 12.0 Å². The van der Waals surface area contributed by atoms with Crippen LogP contribution in [0, 0.1) is 5.92 Å². The minimum absolute atomic E-state index is 0.219. The van der Waals surface area contributed by atoms with E-state index in [2.05, 4.69) is 0 Å². The third-order valence-electron chi connectivity index (χ3n) is 2.76. The van der Waals surface area contributed by atoms with Crippen molar-refractivity contribution in [3.8, 4) is 0 Å². The lowest BCUT2D eigenvalue weighted by atomic mass is 9.97. The smallest absolute Gasteiger partial charge is 0.141 e. The number of carbonyl (C=O) groups is 1. The Morgan fingerprint density at radius 2 is 2.25 bits per heavy atom. The SMILES string of the molecule is O=C(Cc1ccc(Cl)cc1Cl)C1CCSC1. The molecule has 0 radical (unpaired) electrons. The van der Waals surface area contributed by atoms with Crippen LogP contribution in [0.3, 0.4) is 0 Å². The van der Waals surface area contributed by atoms with Crippen molar-refractivity contribution in [2.24, 2.45) is 5.92 Å². The molecule has 1 heterocycles. The van der Waals surface area contributed by atoms with E-state index < -0.39 is 0 Å². The van der Waals surface area contributed by atoms with Crippen LogP contribution in [0.2, 0.25) is 10.0 Å². The molecule has 1 aliphatic heterocycles. The molecule has 4 heteroatoms. The molecular weight excluding hydrogens is 263 g/mol. The van der Waals surface area contributed by atoms with Crippen molar-refractivity contribution in [3.63, 3.8) is 0 Å². The fraction of sp³-hybridized carbons (Fsp3) is 0.417. The van der Waals surface area contributed by atoms with E-state index in [1.165, 1.54) is 0 Å². The van der Waals surface area contributed by atoms with Crippen LogP contribution < -0.4 is 0 Å². The second kappa shape index (κ2) is 5.44. The average molecular weight is 275 g/mol. The Kier molecular flexibility index (Phi) is 4.17. The van der Waals surface area contributed by atoms with E-state index in [1.54, 1.807) is 12.1 Å². The normalized spacial score (nSPS) is 20.0. The molecular formula is C12H12Cl2OS. The lowest BCUT2D eigenvalue weighted by Crippen LogP contribution is -2.16. The van der Waals surface area contributed by atoms with Gasteiger partial charge in [-0.15, -0.1) is 0 Å². The van der Waals surface area contributed by atoms with Gasteiger partial charge in [0.05, 0.1) is 0 Å². The largest absolute Gasteiger partial charge is 0.299 e. The monoisotopic (exact) mass is 274 g/mol. The maximum absolute atomic E-state index is 11.9. The van der Waals surface area contributed by atoms with Gasteiger partial charge >= 0.3 is 0 Å². The van der Waals surface area contributed by atoms with Crippen molar-refractivity contribution in [1.82, 2.24) is 0 Å². The molecule has 1 fully saturated rings. The molecule has 16 heavy (non-hydrogen) atoms. The number of ketones is 1. The van der Waals surface area contributed by atoms with Gasteiger partial charge in [-0.3, -0.25) is 4.79 Å². The van der Waals surface area contributed by atoms with E-state index in [0.29, 0.717) is 22.2 Å². The first-order valence-electron chi connectivity index (χ1n) is 5.21. The lowest BCUT2D eigenvalue weighted by Gasteiger charge is -2.08. The average Bonchev–Trinajstić information content (AvgIpc) is 2.75. The molecule has 2 rings (SSSR count). The highest BCUT2D eigenvalue weighted by molar-refractivity contribution is 7.99. The molecule has 1 atom stereocenters. The zero-order chi connectivity index (χ0) is 11.5. The van der Waals surface area contributed by atoms with Gasteiger partial charge in [0.25, 0.3) is 0 Å². The van der Waals surface area contributed by atoms with Crippen molar-refractivity contribution in [3.05, 3.63) is 33.8 Å². The summed E-state index contributed by atoms with van der Waals surface area (Å²) in [6, 6.07) is 5.30. The number of carbonyl (C=O) groups excluding carboxylic acids is 1. The van der Waals surface area contributed by atoms with Crippen molar-refractivity contribution in [1.29, 1.82) is 0 Å². The summed E-state index contributed by atoms with van der Waals surface area (Å²) in [6.45, 7) is 0. The molecule has 1 unspecified atom stereocenters. The van der Waals surface area contributed by atoms with Crippen LogP contribution in [0.25, 0.3) is 0 Å². The number of halogens is 2. The number of rotatable bonds is 3. The fourth-order valence-electron chi connectivity index (χ4n) is 1.79. The summed E-state index contributed by atoms with van der Waals surface area (Å²) in [5, 5.41) is 1.20. The maximum Gasteiger partial charge on any atom is 0.141 e. The van der Waals surface area contributed by atoms with Crippen LogP contribution in [-0.2, 0) is 11.2 Å². The third kappa shape index (κ3) is 2.93. The third-order valence-corrected chi connectivity index (χ3v) is 4.51. The zero-order valence-corrected chi connectivity index (χ0v) is 11.0. The van der Waals surface area contributed by atoms with Crippen LogP contribution >= 0.6 is 35.0 Å². The van der Waals surface area contributed by atoms with Gasteiger partial charge in [-0.1, -0.05) is 29.3 Å². The molecule has 1 saturated heterocycles. The van der Waals surface area contributed by atoms with Crippen LogP contribution in [-0.4, -0.2) is 17.3 Å². The Bertz CT molecular complexity index is 400. The highest BCUT2D eigenvalue weighted by Gasteiger charge is 2.23. The Hall–Kier alpha value is -0.180. The van der Waals surface area contributed by atoms with Crippen LogP contribution in [0.15, 0.2) is 18.2 Å². The van der Waals surface area contributed by atoms with Gasteiger partial charge in [0, 0.05) is 28.1 Å². The summed E-state index contributed by atoms with van der Waals surface area (Å²) in [6.07, 6.45) is 1.44. The first-order valence-corrected chi connectivity index (χ1v) is 7.12. The van der Waals surface area contributed by atoms with Gasteiger partial charge in [0.1, 0.15) is 5.78 Å². The molecule has 0 amide bonds. The van der Waals surface area contributed by atoms with Gasteiger partial charge in [-0.05, 0) is 29.9 Å². The number of Topliss-reactive ketones (excluding diaryl/α,β-unsaturated/α-hetero) is 1. The number of benzene rings is 1. The summed E-state index contributed by atoms with van der Waals surface area (Å²) < 4.78 is 0.